The Bertz CT molecular complexity index is 3260. The van der Waals surface area contributed by atoms with Crippen LogP contribution >= 0.6 is 0 Å². The molecule has 7 heteroatoms. The zero-order valence-corrected chi connectivity index (χ0v) is 36.3. The summed E-state index contributed by atoms with van der Waals surface area (Å²) < 4.78 is 85.5. The van der Waals surface area contributed by atoms with Crippen molar-refractivity contribution in [1.29, 1.82) is 0 Å². The van der Waals surface area contributed by atoms with E-state index < -0.39 is 45.9 Å². The number of pyridine rings is 2. The summed E-state index contributed by atoms with van der Waals surface area (Å²) in [6, 6.07) is 48.7. The second kappa shape index (κ2) is 17.6. The number of hydrogen-bond acceptors (Lipinski definition) is 5. The van der Waals surface area contributed by atoms with E-state index in [0.29, 0.717) is 27.8 Å². The molecule has 0 saturated heterocycles. The summed E-state index contributed by atoms with van der Waals surface area (Å²) in [5.74, 6) is -0.856. The summed E-state index contributed by atoms with van der Waals surface area (Å²) in [5, 5.41) is 1.60. The van der Waals surface area contributed by atoms with Crippen LogP contribution in [0.5, 0.6) is 0 Å². The van der Waals surface area contributed by atoms with Crippen molar-refractivity contribution < 1.29 is 38.2 Å². The van der Waals surface area contributed by atoms with Crippen molar-refractivity contribution in [3.8, 4) is 44.8 Å². The molecule has 5 nitrogen and oxygen atoms in total. The van der Waals surface area contributed by atoms with E-state index in [2.05, 4.69) is 89.2 Å². The number of rotatable bonds is 7. The molecular formula is C52H46IrN4OSi-2. The third-order valence-electron chi connectivity index (χ3n) is 10.0. The molecule has 4 heterocycles. The van der Waals surface area contributed by atoms with E-state index >= 15 is 0 Å². The minimum absolute atomic E-state index is 0. The molecule has 1 atom stereocenters. The Balaban J connectivity index is 0.000000204. The van der Waals surface area contributed by atoms with Crippen LogP contribution in [0.4, 0.5) is 0 Å². The van der Waals surface area contributed by atoms with E-state index in [4.69, 9.17) is 21.7 Å². The van der Waals surface area contributed by atoms with Gasteiger partial charge in [-0.2, -0.15) is 0 Å². The molecule has 9 aromatic rings. The van der Waals surface area contributed by atoms with E-state index in [1.165, 1.54) is 29.1 Å². The number of hydrogen-bond donors (Lipinski definition) is 0. The maximum absolute atomic E-state index is 9.35. The quantitative estimate of drug-likeness (QED) is 0.118. The van der Waals surface area contributed by atoms with Gasteiger partial charge in [-0.3, -0.25) is 0 Å². The Hall–Kier alpha value is -5.85. The predicted molar refractivity (Wildman–Crippen MR) is 242 cm³/mol. The maximum atomic E-state index is 9.35. The molecule has 1 unspecified atom stereocenters. The molecule has 59 heavy (non-hydrogen) atoms. The average molecular weight is 973 g/mol. The summed E-state index contributed by atoms with van der Waals surface area (Å²) in [6.07, 6.45) is 3.50. The first kappa shape index (κ1) is 30.2. The molecule has 0 bridgehead atoms. The number of furan rings is 1. The van der Waals surface area contributed by atoms with Gasteiger partial charge in [-0.1, -0.05) is 130 Å². The van der Waals surface area contributed by atoms with Crippen LogP contribution in [0.1, 0.15) is 54.6 Å². The monoisotopic (exact) mass is 973 g/mol. The number of benzene rings is 5. The summed E-state index contributed by atoms with van der Waals surface area (Å²) in [4.78, 5) is 17.4. The van der Waals surface area contributed by atoms with Gasteiger partial charge in [0.25, 0.3) is 0 Å². The molecule has 0 amide bonds. The first-order valence-electron chi connectivity index (χ1n) is 23.9. The van der Waals surface area contributed by atoms with E-state index in [1.807, 2.05) is 73.8 Å². The van der Waals surface area contributed by atoms with Crippen molar-refractivity contribution in [3.05, 3.63) is 186 Å². The molecule has 5 aromatic carbocycles. The van der Waals surface area contributed by atoms with Crippen LogP contribution in [0.15, 0.2) is 150 Å². The van der Waals surface area contributed by atoms with Crippen molar-refractivity contribution in [2.75, 3.05) is 0 Å². The van der Waals surface area contributed by atoms with Gasteiger partial charge in [0.05, 0.1) is 25.0 Å². The molecule has 0 saturated carbocycles. The molecule has 295 valence electrons. The second-order valence-corrected chi connectivity index (χ2v) is 20.0. The Labute approximate surface area is 376 Å². The van der Waals surface area contributed by atoms with Crippen LogP contribution in [0.25, 0.3) is 67.0 Å². The fourth-order valence-electron chi connectivity index (χ4n) is 6.90. The van der Waals surface area contributed by atoms with Gasteiger partial charge in [0.15, 0.2) is 0 Å². The van der Waals surface area contributed by atoms with Crippen molar-refractivity contribution in [2.45, 2.75) is 53.0 Å². The van der Waals surface area contributed by atoms with Crippen LogP contribution in [0.2, 0.25) is 19.6 Å². The van der Waals surface area contributed by atoms with Gasteiger partial charge in [-0.05, 0) is 70.3 Å². The summed E-state index contributed by atoms with van der Waals surface area (Å²) >= 11 is 0. The Kier molecular flexibility index (Phi) is 8.99. The summed E-state index contributed by atoms with van der Waals surface area (Å²) in [5.41, 5.74) is 7.13. The molecule has 0 aliphatic rings. The van der Waals surface area contributed by atoms with Crippen LogP contribution in [-0.4, -0.2) is 28.0 Å². The van der Waals surface area contributed by atoms with Crippen LogP contribution in [0, 0.1) is 32.7 Å². The molecule has 0 fully saturated rings. The first-order chi connectivity index (χ1) is 32.0. The first-order valence-corrected chi connectivity index (χ1v) is 22.4. The number of aryl methyl sites for hydroxylation is 3. The van der Waals surface area contributed by atoms with Gasteiger partial charge < -0.3 is 14.4 Å². The van der Waals surface area contributed by atoms with Gasteiger partial charge >= 0.3 is 0 Å². The molecule has 0 N–H and O–H groups in total. The van der Waals surface area contributed by atoms with Crippen LogP contribution in [0.3, 0.4) is 0 Å². The van der Waals surface area contributed by atoms with E-state index in [9.17, 15) is 1.37 Å². The zero-order valence-electron chi connectivity index (χ0n) is 42.9. The van der Waals surface area contributed by atoms with Crippen molar-refractivity contribution in [3.63, 3.8) is 0 Å². The Morgan fingerprint density at radius 2 is 1.32 bits per heavy atom. The van der Waals surface area contributed by atoms with Crippen molar-refractivity contribution in [1.82, 2.24) is 19.9 Å². The van der Waals surface area contributed by atoms with Gasteiger partial charge in [0, 0.05) is 57.7 Å². The second-order valence-electron chi connectivity index (χ2n) is 15.0. The average Bonchev–Trinajstić information content (AvgIpc) is 3.68. The van der Waals surface area contributed by atoms with Crippen LogP contribution < -0.4 is 5.19 Å². The minimum Gasteiger partial charge on any atom is -0.485 e. The molecule has 9 rings (SSSR count). The molecule has 0 aliphatic heterocycles. The van der Waals surface area contributed by atoms with Crippen LogP contribution in [-0.2, 0) is 20.1 Å². The SMILES string of the molecule is [2H]C(C)(c1ccccc1)c1cc(-c2[c-]ccc(-c3ccccc3)c2)ncc1[Si](C)(C)C.[2H]C([2H])([2H])c1cc(-c2[c-]cc3oc4nc(C([2H])([2H])[2H])c(C([2H])([2H])[2H])nc4c3c2)ncc1-c1ccccc1.[Ir]. The zero-order chi connectivity index (χ0) is 48.8. The van der Waals surface area contributed by atoms with E-state index in [0.717, 1.165) is 27.9 Å². The summed E-state index contributed by atoms with van der Waals surface area (Å²) in [7, 11) is -1.70. The summed E-state index contributed by atoms with van der Waals surface area (Å²) in [6.45, 7) is 0.901. The molecular weight excluding hydrogens is 917 g/mol. The number of aromatic nitrogens is 4. The third-order valence-corrected chi connectivity index (χ3v) is 12.0. The van der Waals surface area contributed by atoms with Crippen molar-refractivity contribution in [2.24, 2.45) is 0 Å². The molecule has 0 aliphatic carbocycles. The predicted octanol–water partition coefficient (Wildman–Crippen LogP) is 12.7. The van der Waals surface area contributed by atoms with Gasteiger partial charge in [0.2, 0.25) is 5.71 Å². The molecule has 0 spiro atoms. The molecule has 1 radical (unpaired) electrons. The number of nitrogens with zero attached hydrogens (tertiary/aromatic N) is 4. The van der Waals surface area contributed by atoms with Gasteiger partial charge in [0.1, 0.15) is 5.52 Å². The fraction of sp³-hybridized carbons (Fsp3) is 0.154. The van der Waals surface area contributed by atoms with Gasteiger partial charge in [-0.15, -0.1) is 59.2 Å². The van der Waals surface area contributed by atoms with Gasteiger partial charge in [-0.25, -0.2) is 9.97 Å². The van der Waals surface area contributed by atoms with Crippen molar-refractivity contribution >= 4 is 35.5 Å². The Morgan fingerprint density at radius 1 is 0.678 bits per heavy atom. The van der Waals surface area contributed by atoms with E-state index in [1.54, 1.807) is 18.2 Å². The Morgan fingerprint density at radius 3 is 2.02 bits per heavy atom. The normalized spacial score (nSPS) is 15.5. The fourth-order valence-corrected chi connectivity index (χ4v) is 8.42. The maximum Gasteiger partial charge on any atom is 0.235 e. The topological polar surface area (TPSA) is 64.7 Å². The largest absolute Gasteiger partial charge is 0.485 e. The number of fused-ring (bicyclic) bond motifs is 3. The molecule has 4 aromatic heterocycles. The standard InChI is InChI=1S/C28H28NSi.C24H18N3O.Ir/c1-21(22-12-7-5-8-13-22)26-19-27(29-20-28(26)30(2,3)4)25-17-11-16-24(18-25)23-14-9-6-10-15-23;1-14-11-21(25-13-20(14)17-7-5-4-6-8-17)18-9-10-22-19(12-18)23-24(28-22)27-16(3)15(2)26-23;/h5-16,18-21H,1-4H3;4-8,10-13H,1-3H3;/q2*-1;/i21D;1D3,2D3,3D3;. The third kappa shape index (κ3) is 8.93. The smallest absolute Gasteiger partial charge is 0.235 e. The minimum atomic E-state index is -2.82. The van der Waals surface area contributed by atoms with E-state index in [-0.39, 0.29) is 42.5 Å².